The van der Waals surface area contributed by atoms with Crippen LogP contribution in [0.4, 0.5) is 24.5 Å². The first-order valence-corrected chi connectivity index (χ1v) is 25.9. The lowest BCUT2D eigenvalue weighted by atomic mass is 9.77. The van der Waals surface area contributed by atoms with Gasteiger partial charge in [0, 0.05) is 51.0 Å². The highest BCUT2D eigenvalue weighted by atomic mass is 32.1. The Labute approximate surface area is 422 Å². The van der Waals surface area contributed by atoms with Gasteiger partial charge in [-0.1, -0.05) is 78.3 Å². The van der Waals surface area contributed by atoms with Crippen LogP contribution < -0.4 is 9.80 Å². The van der Waals surface area contributed by atoms with Gasteiger partial charge in [-0.2, -0.15) is 18.4 Å². The summed E-state index contributed by atoms with van der Waals surface area (Å²) in [5.41, 5.74) is 3.55. The topological polar surface area (TPSA) is 129 Å². The Morgan fingerprint density at radius 2 is 1.59 bits per heavy atom. The summed E-state index contributed by atoms with van der Waals surface area (Å²) in [4.78, 5) is 56.5. The number of carbonyl (C=O) groups excluding carboxylic acids is 3. The van der Waals surface area contributed by atoms with Crippen molar-refractivity contribution in [2.75, 3.05) is 42.8 Å². The minimum absolute atomic E-state index is 0.0188. The largest absolute Gasteiger partial charge is 0.417 e. The molecule has 4 heterocycles. The van der Waals surface area contributed by atoms with Gasteiger partial charge < -0.3 is 19.3 Å². The van der Waals surface area contributed by atoms with Crippen molar-refractivity contribution in [1.29, 1.82) is 5.26 Å². The number of hydrogen-bond acceptors (Lipinski definition) is 10. The summed E-state index contributed by atoms with van der Waals surface area (Å²) in [5, 5.41) is 9.22. The Morgan fingerprint density at radius 1 is 0.930 bits per heavy atom. The number of ketones is 1. The zero-order valence-electron chi connectivity index (χ0n) is 42.7. The second-order valence-electron chi connectivity index (χ2n) is 20.9. The third-order valence-electron chi connectivity index (χ3n) is 13.9. The third kappa shape index (κ3) is 13.6. The number of unbranched alkanes of at least 4 members (excludes halogenated alkanes) is 3. The van der Waals surface area contributed by atoms with Crippen molar-refractivity contribution in [2.45, 2.75) is 143 Å². The van der Waals surface area contributed by atoms with Crippen molar-refractivity contribution in [3.8, 4) is 16.5 Å². The molecule has 6 rings (SSSR count). The molecule has 382 valence electrons. The van der Waals surface area contributed by atoms with Crippen LogP contribution >= 0.6 is 11.3 Å². The number of rotatable bonds is 23. The summed E-state index contributed by atoms with van der Waals surface area (Å²) < 4.78 is 53.0. The third-order valence-corrected chi connectivity index (χ3v) is 14.9. The van der Waals surface area contributed by atoms with Crippen LogP contribution in [-0.2, 0) is 36.5 Å². The molecule has 2 aliphatic rings. The van der Waals surface area contributed by atoms with E-state index in [1.807, 2.05) is 29.5 Å². The van der Waals surface area contributed by atoms with Crippen molar-refractivity contribution in [1.82, 2.24) is 14.9 Å². The van der Waals surface area contributed by atoms with E-state index in [9.17, 15) is 32.8 Å². The second kappa shape index (κ2) is 23.9. The predicted octanol–water partition coefficient (Wildman–Crippen LogP) is 12.5. The number of thiazole rings is 1. The first kappa shape index (κ1) is 54.9. The number of hydrogen-bond donors (Lipinski definition) is 0. The number of aryl methyl sites for hydroxylation is 2. The molecule has 71 heavy (non-hydrogen) atoms. The van der Waals surface area contributed by atoms with Crippen LogP contribution in [0.1, 0.15) is 140 Å². The van der Waals surface area contributed by atoms with Crippen molar-refractivity contribution >= 4 is 40.3 Å². The van der Waals surface area contributed by atoms with Crippen LogP contribution in [0.2, 0.25) is 0 Å². The predicted molar refractivity (Wildman–Crippen MR) is 274 cm³/mol. The summed E-state index contributed by atoms with van der Waals surface area (Å²) in [5.74, 6) is 0.0656. The lowest BCUT2D eigenvalue weighted by molar-refractivity contribution is -0.144. The first-order chi connectivity index (χ1) is 33.6. The van der Waals surface area contributed by atoms with E-state index in [0.29, 0.717) is 57.9 Å². The van der Waals surface area contributed by atoms with Crippen molar-refractivity contribution < 1.29 is 37.0 Å². The van der Waals surface area contributed by atoms with Gasteiger partial charge >= 0.3 is 6.18 Å². The Kier molecular flexibility index (Phi) is 18.4. The summed E-state index contributed by atoms with van der Waals surface area (Å²) >= 11 is 1.63. The Bertz CT molecular complexity index is 2510. The normalized spacial score (nSPS) is 18.0. The molecule has 2 aromatic carbocycles. The Morgan fingerprint density at radius 3 is 2.21 bits per heavy atom. The van der Waals surface area contributed by atoms with E-state index in [-0.39, 0.29) is 52.4 Å². The van der Waals surface area contributed by atoms with E-state index < -0.39 is 28.7 Å². The number of Topliss-reactive ketones (excluding diaryl/α,β-unsaturated/α-hetero) is 1. The number of amides is 2. The summed E-state index contributed by atoms with van der Waals surface area (Å²) in [7, 11) is 0. The average Bonchev–Trinajstić information content (AvgIpc) is 3.99. The van der Waals surface area contributed by atoms with Gasteiger partial charge in [-0.25, -0.2) is 4.98 Å². The molecule has 2 saturated heterocycles. The molecule has 0 N–H and O–H groups in total. The number of carbonyl (C=O) groups is 3. The lowest BCUT2D eigenvalue weighted by Gasteiger charge is -2.35. The number of ether oxygens (including phenoxy) is 2. The van der Waals surface area contributed by atoms with E-state index in [2.05, 4.69) is 75.4 Å². The molecule has 4 atom stereocenters. The summed E-state index contributed by atoms with van der Waals surface area (Å²) in [6.07, 6.45) is 4.92. The number of halogens is 3. The number of aromatic nitrogens is 2. The fourth-order valence-electron chi connectivity index (χ4n) is 9.89. The minimum Gasteiger partial charge on any atom is -0.381 e. The van der Waals surface area contributed by atoms with Crippen LogP contribution in [0, 0.1) is 35.5 Å². The number of pyridine rings is 1. The van der Waals surface area contributed by atoms with Gasteiger partial charge in [0.25, 0.3) is 5.91 Å². The Hall–Kier alpha value is -5.43. The molecule has 11 nitrogen and oxygen atoms in total. The van der Waals surface area contributed by atoms with E-state index in [1.165, 1.54) is 6.07 Å². The first-order valence-electron chi connectivity index (χ1n) is 25.0. The van der Waals surface area contributed by atoms with E-state index in [1.54, 1.807) is 42.4 Å². The maximum atomic E-state index is 14.2. The van der Waals surface area contributed by atoms with Crippen LogP contribution in [0.25, 0.3) is 10.4 Å². The molecule has 15 heteroatoms. The number of nitrogens with zero attached hydrogens (tertiary/aromatic N) is 6. The number of likely N-dealkylation sites (tertiary alicyclic amines) is 1. The van der Waals surface area contributed by atoms with Crippen molar-refractivity contribution in [3.05, 3.63) is 107 Å². The van der Waals surface area contributed by atoms with Crippen LogP contribution in [0.3, 0.4) is 0 Å². The van der Waals surface area contributed by atoms with Gasteiger partial charge in [0.05, 0.1) is 56.9 Å². The molecular weight excluding hydrogens is 926 g/mol. The quantitative estimate of drug-likeness (QED) is 0.0667. The number of alkyl halides is 3. The summed E-state index contributed by atoms with van der Waals surface area (Å²) in [6, 6.07) is 16.6. The van der Waals surface area contributed by atoms with Gasteiger partial charge in [0.2, 0.25) is 5.91 Å². The van der Waals surface area contributed by atoms with Gasteiger partial charge in [-0.05, 0) is 124 Å². The highest BCUT2D eigenvalue weighted by molar-refractivity contribution is 7.13. The number of nitriles is 1. The molecule has 2 fully saturated rings. The maximum absolute atomic E-state index is 14.2. The molecule has 0 saturated carbocycles. The summed E-state index contributed by atoms with van der Waals surface area (Å²) in [6.45, 7) is 23.1. The van der Waals surface area contributed by atoms with Gasteiger partial charge in [-0.15, -0.1) is 11.3 Å². The van der Waals surface area contributed by atoms with Gasteiger partial charge in [0.1, 0.15) is 11.4 Å². The molecule has 2 amide bonds. The second-order valence-corrected chi connectivity index (χ2v) is 21.8. The van der Waals surface area contributed by atoms with Crippen LogP contribution in [-0.4, -0.2) is 77.0 Å². The smallest absolute Gasteiger partial charge is 0.381 e. The maximum Gasteiger partial charge on any atom is 0.417 e. The minimum atomic E-state index is -4.77. The molecular formula is C56H71F3N6O5S. The molecule has 1 unspecified atom stereocenters. The molecule has 2 aliphatic heterocycles. The average molecular weight is 997 g/mol. The van der Waals surface area contributed by atoms with Crippen molar-refractivity contribution in [3.63, 3.8) is 0 Å². The number of benzene rings is 2. The van der Waals surface area contributed by atoms with E-state index >= 15 is 0 Å². The van der Waals surface area contributed by atoms with E-state index in [0.717, 1.165) is 89.4 Å². The fourth-order valence-corrected chi connectivity index (χ4v) is 10.7. The van der Waals surface area contributed by atoms with Gasteiger partial charge in [0.15, 0.2) is 5.78 Å². The number of anilines is 2. The van der Waals surface area contributed by atoms with Gasteiger partial charge in [-0.3, -0.25) is 24.3 Å². The molecule has 0 aliphatic carbocycles. The zero-order valence-corrected chi connectivity index (χ0v) is 43.6. The monoisotopic (exact) mass is 997 g/mol. The Balaban J connectivity index is 0.844. The standard InChI is InChI=1S/C56H71F3N6O5S/c1-37-30-49(50(66)31-38(2)41-18-20-42(21-19-41)51-39(3)62-36-71-51)63(35-37)52(67)47(54(5,6)7)17-14-27-70-29-15-28-69-26-13-11-10-12-16-44-23-25-46(34-61-44)65-40(4)64(53(68)55(65,8)9)45-24-22-43(33-60)48(32-45)56(57,58)59/h18-25,32,34,36-38,47,49H,4,10-17,26-31,35H2,1-3,5-9H3/t37-,38-,47?,49+/m1/s1. The zero-order chi connectivity index (χ0) is 51.7. The lowest BCUT2D eigenvalue weighted by Crippen LogP contribution is -2.47. The molecule has 0 radical (unpaired) electrons. The molecule has 0 bridgehead atoms. The molecule has 2 aromatic heterocycles. The molecule has 0 spiro atoms. The van der Waals surface area contributed by atoms with Crippen LogP contribution in [0.15, 0.2) is 78.7 Å². The van der Waals surface area contributed by atoms with E-state index in [4.69, 9.17) is 9.47 Å². The molecule has 4 aromatic rings. The van der Waals surface area contributed by atoms with Crippen LogP contribution in [0.5, 0.6) is 0 Å². The highest BCUT2D eigenvalue weighted by Gasteiger charge is 2.50. The highest BCUT2D eigenvalue weighted by Crippen LogP contribution is 2.43. The fraction of sp³-hybridized carbons (Fsp3) is 0.536. The van der Waals surface area contributed by atoms with Crippen molar-refractivity contribution in [2.24, 2.45) is 17.3 Å². The SMILES string of the molecule is C=C1N(c2ccc(C#N)c(C(F)(F)F)c2)C(=O)C(C)(C)N1c1ccc(CCCCCCOCCCOCCCC(C(=O)N2C[C@H](C)C[C@H]2C(=O)C[C@@H](C)c2ccc(-c3scnc3C)cc2)C(C)(C)C)nc1.